The summed E-state index contributed by atoms with van der Waals surface area (Å²) in [4.78, 5) is 57.7. The number of nitrogens with zero attached hydrogens (tertiary/aromatic N) is 18. The van der Waals surface area contributed by atoms with Crippen LogP contribution in [0.3, 0.4) is 0 Å². The van der Waals surface area contributed by atoms with E-state index in [0.717, 1.165) is 25.0 Å². The topological polar surface area (TPSA) is 463 Å². The first-order chi connectivity index (χ1) is 56.7. The van der Waals surface area contributed by atoms with Crippen molar-refractivity contribution < 1.29 is 75.4 Å². The molecule has 6 aromatic heterocycles. The number of ether oxygens (including phenoxy) is 1. The SMILES string of the molecule is CC(C)(C)OC(=O)N1CCN(c2ncc(C(C)(C)O)cn2)[C@@H](CN(c2ccccc2)S(C)(=O)=O)C1.CC(C)(O)c1cnc(N2CCN(S(=O)(=O)c3ccc(Cl)nc3)C[C@@H]2CN(c2ccccc2)S(C)(=O)=O)nc1.CC(C)(O)c1cnc(N2CCN(S(=O)(=O)c3ccc(N)nc3)C[C@@H]2CN(c2ccccc2)S(C)(=O)=O)nc1.O=S(=O)(Cl)c1ccc(Cl)nc1. The molecule has 3 aliphatic rings. The van der Waals surface area contributed by atoms with E-state index in [-0.39, 0.29) is 96.3 Å². The molecule has 122 heavy (non-hydrogen) atoms. The molecule has 0 saturated carbocycles. The van der Waals surface area contributed by atoms with Crippen LogP contribution in [0, 0.1) is 0 Å². The van der Waals surface area contributed by atoms with Gasteiger partial charge in [0.15, 0.2) is 0 Å². The number of carbonyl (C=O) groups excluding carboxylic acids is 1. The van der Waals surface area contributed by atoms with Gasteiger partial charge in [0, 0.05) is 142 Å². The van der Waals surface area contributed by atoms with Gasteiger partial charge in [-0.05, 0) is 135 Å². The van der Waals surface area contributed by atoms with E-state index < -0.39 is 106 Å². The second kappa shape index (κ2) is 39.2. The molecule has 3 atom stereocenters. The van der Waals surface area contributed by atoms with Crippen LogP contribution in [0.4, 0.5) is 45.5 Å². The van der Waals surface area contributed by atoms with E-state index in [4.69, 9.17) is 44.4 Å². The Bertz CT molecular complexity index is 5510. The van der Waals surface area contributed by atoms with Crippen molar-refractivity contribution in [1.29, 1.82) is 0 Å². The summed E-state index contributed by atoms with van der Waals surface area (Å²) >= 11 is 11.2. The Morgan fingerprint density at radius 2 is 0.705 bits per heavy atom. The van der Waals surface area contributed by atoms with E-state index in [1.807, 2.05) is 11.0 Å². The largest absolute Gasteiger partial charge is 0.444 e. The minimum absolute atomic E-state index is 0.00675. The number of aromatic nitrogens is 9. The molecule has 12 rings (SSSR count). The van der Waals surface area contributed by atoms with E-state index in [2.05, 4.69) is 44.9 Å². The maximum Gasteiger partial charge on any atom is 0.410 e. The fraction of sp³-hybridized carbons (Fsp3) is 0.403. The predicted octanol–water partition coefficient (Wildman–Crippen LogP) is 7.38. The second-order valence-corrected chi connectivity index (χ2v) is 44.0. The summed E-state index contributed by atoms with van der Waals surface area (Å²) in [6.45, 7) is 16.7. The Morgan fingerprint density at radius 1 is 0.410 bits per heavy atom. The van der Waals surface area contributed by atoms with Crippen LogP contribution in [0.2, 0.25) is 10.3 Å². The second-order valence-electron chi connectivity index (χ2n) is 31.1. The lowest BCUT2D eigenvalue weighted by Gasteiger charge is -2.43. The van der Waals surface area contributed by atoms with Crippen LogP contribution in [-0.2, 0) is 80.7 Å². The third-order valence-corrected chi connectivity index (χ3v) is 28.0. The fourth-order valence-electron chi connectivity index (χ4n) is 12.6. The lowest BCUT2D eigenvalue weighted by atomic mass is 10.0. The first-order valence-corrected chi connectivity index (χ1v) is 49.1. The molecule has 36 nitrogen and oxygen atoms in total. The molecule has 3 saturated heterocycles. The number of piperazine rings is 3. The van der Waals surface area contributed by atoms with Crippen molar-refractivity contribution in [3.05, 3.63) is 210 Å². The summed E-state index contributed by atoms with van der Waals surface area (Å²) in [5.74, 6) is 1.20. The minimum Gasteiger partial charge on any atom is -0.444 e. The van der Waals surface area contributed by atoms with Gasteiger partial charge >= 0.3 is 6.09 Å². The summed E-state index contributed by atoms with van der Waals surface area (Å²) in [6.07, 6.45) is 15.6. The van der Waals surface area contributed by atoms with Gasteiger partial charge in [0.2, 0.25) is 68.0 Å². The number of halogens is 3. The van der Waals surface area contributed by atoms with Gasteiger partial charge in [-0.2, -0.15) is 8.61 Å². The number of carbonyl (C=O) groups is 1. The first-order valence-electron chi connectivity index (χ1n) is 37.6. The van der Waals surface area contributed by atoms with Crippen molar-refractivity contribution in [1.82, 2.24) is 58.4 Å². The van der Waals surface area contributed by atoms with Crippen LogP contribution in [-0.4, -0.2) is 251 Å². The van der Waals surface area contributed by atoms with Crippen LogP contribution in [0.25, 0.3) is 0 Å². The molecule has 1 amide bonds. The lowest BCUT2D eigenvalue weighted by Crippen LogP contribution is -2.60. The van der Waals surface area contributed by atoms with Gasteiger partial charge in [-0.15, -0.1) is 0 Å². The van der Waals surface area contributed by atoms with Crippen LogP contribution in [0.5, 0.6) is 0 Å². The number of nitrogens with two attached hydrogens (primary N) is 1. The van der Waals surface area contributed by atoms with Gasteiger partial charge in [-0.3, -0.25) is 12.9 Å². The predicted molar refractivity (Wildman–Crippen MR) is 467 cm³/mol. The van der Waals surface area contributed by atoms with Gasteiger partial charge in [0.25, 0.3) is 9.05 Å². The Hall–Kier alpha value is -9.41. The van der Waals surface area contributed by atoms with Gasteiger partial charge in [-0.1, -0.05) is 77.8 Å². The molecule has 0 aliphatic carbocycles. The normalized spacial score (nSPS) is 16.8. The van der Waals surface area contributed by atoms with Gasteiger partial charge < -0.3 is 45.4 Å². The highest BCUT2D eigenvalue weighted by Crippen LogP contribution is 2.33. The number of para-hydroxylation sites is 3. The molecular formula is C77H98Cl3N19O17S6. The molecule has 0 bridgehead atoms. The smallest absolute Gasteiger partial charge is 0.410 e. The molecule has 0 unspecified atom stereocenters. The summed E-state index contributed by atoms with van der Waals surface area (Å²) in [5.41, 5.74) is 4.62. The van der Waals surface area contributed by atoms with E-state index in [9.17, 15) is 70.6 Å². The number of pyridine rings is 3. The standard InChI is InChI=1S/C24H29ClN6O5S2.C24H31N7O5S2.C24H35N5O5S.C5H3Cl2NO2S/c2*1-24(2,32)18-13-27-23(28-14-18)30-12-11-29(38(35,36)21-9-10-22(25)26-15-21)16-20(30)17-31(37(3,33)34)19-7-5-4-6-8-19;1-23(2,3)34-22(30)27-12-13-28(21-25-14-18(15-26-21)24(4,5)31)20(16-27)17-29(35(6,32)33)19-10-8-7-9-11-19;6-5-2-1-4(3-8-5)11(7,9)10/h4-10,13-15,20,32H,11-12,16-17H2,1-3H3;4-10,13-15,20,32H,11-12,16-17H2,1-3H3,(H2,25,26);7-11,14-15,20,31H,12-13,16-17H2,1-6H3;1-3H/t3*20-;/m111./s1. The Balaban J connectivity index is 0.000000195. The molecule has 45 heteroatoms. The molecule has 9 aromatic rings. The highest BCUT2D eigenvalue weighted by Gasteiger charge is 2.42. The number of hydrogen-bond acceptors (Lipinski definition) is 30. The van der Waals surface area contributed by atoms with E-state index >= 15 is 0 Å². The number of hydrogen-bond donors (Lipinski definition) is 4. The minimum atomic E-state index is -3.94. The van der Waals surface area contributed by atoms with Crippen LogP contribution in [0.15, 0.2) is 198 Å². The highest BCUT2D eigenvalue weighted by molar-refractivity contribution is 8.13. The summed E-state index contributed by atoms with van der Waals surface area (Å²) < 4.78 is 164. The number of nitrogen functional groups attached to an aromatic ring is 1. The molecule has 0 spiro atoms. The summed E-state index contributed by atoms with van der Waals surface area (Å²) in [5, 5.41) is 31.2. The zero-order valence-corrected chi connectivity index (χ0v) is 76.0. The number of sulfonamides is 5. The third-order valence-electron chi connectivity index (χ3n) is 19.0. The van der Waals surface area contributed by atoms with Gasteiger partial charge in [0.1, 0.15) is 36.4 Å². The average Bonchev–Trinajstić information content (AvgIpc) is 0.782. The van der Waals surface area contributed by atoms with E-state index in [1.54, 1.807) is 174 Å². The highest BCUT2D eigenvalue weighted by atomic mass is 35.7. The Labute approximate surface area is 726 Å². The molecule has 3 aromatic carbocycles. The summed E-state index contributed by atoms with van der Waals surface area (Å²) in [6, 6.07) is 32.6. The van der Waals surface area contributed by atoms with Crippen molar-refractivity contribution in [2.45, 2.75) is 118 Å². The molecular weight excluding hydrogens is 1760 g/mol. The van der Waals surface area contributed by atoms with Crippen molar-refractivity contribution in [3.8, 4) is 0 Å². The molecule has 660 valence electrons. The molecule has 9 heterocycles. The molecule has 5 N–H and O–H groups in total. The fourth-order valence-corrected chi connectivity index (χ4v) is 19.1. The first kappa shape index (κ1) is 96.4. The van der Waals surface area contributed by atoms with E-state index in [1.165, 1.54) is 95.1 Å². The molecule has 0 radical (unpaired) electrons. The Kier molecular flexibility index (Phi) is 31.0. The van der Waals surface area contributed by atoms with Crippen molar-refractivity contribution in [3.63, 3.8) is 0 Å². The third kappa shape index (κ3) is 26.3. The molecule has 3 fully saturated rings. The van der Waals surface area contributed by atoms with Crippen molar-refractivity contribution in [2.24, 2.45) is 0 Å². The summed E-state index contributed by atoms with van der Waals surface area (Å²) in [7, 11) is -17.6. The van der Waals surface area contributed by atoms with E-state index in [0.29, 0.717) is 64.7 Å². The van der Waals surface area contributed by atoms with Gasteiger partial charge in [-0.25, -0.2) is 100 Å². The van der Waals surface area contributed by atoms with Crippen LogP contribution < -0.4 is 33.3 Å². The zero-order valence-electron chi connectivity index (χ0n) is 68.8. The van der Waals surface area contributed by atoms with Crippen molar-refractivity contribution in [2.75, 3.05) is 131 Å². The zero-order chi connectivity index (χ0) is 89.9. The van der Waals surface area contributed by atoms with Crippen molar-refractivity contribution >= 4 is 140 Å². The number of anilines is 7. The number of amides is 1. The maximum absolute atomic E-state index is 13.4. The number of rotatable bonds is 23. The quantitative estimate of drug-likeness (QED) is 0.0358. The maximum atomic E-state index is 13.4. The molecule has 3 aliphatic heterocycles. The van der Waals surface area contributed by atoms with Crippen LogP contribution >= 0.6 is 33.9 Å². The number of benzene rings is 3. The monoisotopic (exact) mass is 1860 g/mol. The number of aliphatic hydroxyl groups is 3. The lowest BCUT2D eigenvalue weighted by molar-refractivity contribution is 0.0215. The van der Waals surface area contributed by atoms with Crippen LogP contribution in [0.1, 0.15) is 79.0 Å². The van der Waals surface area contributed by atoms with Gasteiger partial charge in [0.05, 0.1) is 90.4 Å². The average molecular weight is 1860 g/mol. The Morgan fingerprint density at radius 3 is 0.975 bits per heavy atom.